The molecule has 0 radical (unpaired) electrons. The van der Waals surface area contributed by atoms with Crippen molar-refractivity contribution in [3.8, 4) is 0 Å². The van der Waals surface area contributed by atoms with E-state index in [-0.39, 0.29) is 4.57 Å². The number of nitrogens with zero attached hydrogens (tertiary/aromatic N) is 1. The molecule has 33 heavy (non-hydrogen) atoms. The molecule has 3 unspecified atom stereocenters. The van der Waals surface area contributed by atoms with Crippen molar-refractivity contribution in [2.45, 2.75) is 35.9 Å². The molecular weight excluding hydrogens is 541 g/mol. The highest BCUT2D eigenvalue weighted by molar-refractivity contribution is 7.66. The summed E-state index contributed by atoms with van der Waals surface area (Å²) in [6.45, 7) is 0. The third-order valence-corrected chi connectivity index (χ3v) is 8.26. The molecule has 1 aliphatic carbocycles. The van der Waals surface area contributed by atoms with E-state index in [1.807, 2.05) is 0 Å². The first-order valence-electron chi connectivity index (χ1n) is 7.91. The molecule has 1 aromatic rings. The number of phosphoric ester groups is 1. The van der Waals surface area contributed by atoms with Crippen LogP contribution in [0, 0.1) is 0 Å². The maximum Gasteiger partial charge on any atom is 0.490 e. The molecule has 1 aromatic heterocycles. The Morgan fingerprint density at radius 2 is 1.67 bits per heavy atom. The summed E-state index contributed by atoms with van der Waals surface area (Å²) in [6, 6.07) is 0.606. The number of ether oxygens (including phenoxy) is 1. The summed E-state index contributed by atoms with van der Waals surface area (Å²) in [6.07, 6.45) is -14.1. The van der Waals surface area contributed by atoms with Gasteiger partial charge in [-0.05, 0) is 0 Å². The minimum absolute atomic E-state index is 0.131. The van der Waals surface area contributed by atoms with Crippen molar-refractivity contribution in [1.29, 1.82) is 0 Å². The molecule has 23 heteroatoms. The summed E-state index contributed by atoms with van der Waals surface area (Å²) in [5, 5.41) is 10.3. The van der Waals surface area contributed by atoms with Gasteiger partial charge in [0.15, 0.2) is 18.0 Å². The van der Waals surface area contributed by atoms with E-state index in [0.717, 1.165) is 0 Å². The Hall–Kier alpha value is -1.27. The first kappa shape index (κ1) is 26.3. The van der Waals surface area contributed by atoms with Gasteiger partial charge >= 0.3 is 35.3 Å². The maximum atomic E-state index is 14.9. The summed E-state index contributed by atoms with van der Waals surface area (Å²) in [5.41, 5.74) is -10.4. The van der Waals surface area contributed by atoms with E-state index in [1.54, 1.807) is 4.98 Å². The number of phosphoric acid groups is 3. The molecular formula is C10H11F4N2O14P3. The maximum absolute atomic E-state index is 14.9. The Morgan fingerprint density at radius 1 is 1.09 bits per heavy atom. The molecule has 6 N–H and O–H groups in total. The van der Waals surface area contributed by atoms with Gasteiger partial charge in [0.05, 0.1) is 0 Å². The minimum atomic E-state index is -6.24. The highest BCUT2D eigenvalue weighted by Crippen LogP contribution is 2.75. The average Bonchev–Trinajstić information content (AvgIpc) is 2.96. The third kappa shape index (κ3) is 4.42. The Balaban J connectivity index is 1.92. The molecule has 2 fully saturated rings. The second-order valence-corrected chi connectivity index (χ2v) is 10.9. The van der Waals surface area contributed by atoms with Crippen molar-refractivity contribution >= 4 is 23.5 Å². The van der Waals surface area contributed by atoms with Gasteiger partial charge in [-0.15, -0.1) is 0 Å². The molecule has 0 aromatic carbocycles. The van der Waals surface area contributed by atoms with Crippen molar-refractivity contribution in [3.63, 3.8) is 0 Å². The zero-order chi connectivity index (χ0) is 25.4. The molecule has 3 rings (SSSR count). The number of alkyl halides is 4. The smallest absolute Gasteiger partial charge is 0.380 e. The summed E-state index contributed by atoms with van der Waals surface area (Å²) in [4.78, 5) is 59.8. The van der Waals surface area contributed by atoms with Crippen LogP contribution in [0.4, 0.5) is 17.6 Å². The van der Waals surface area contributed by atoms with Crippen molar-refractivity contribution < 1.29 is 73.8 Å². The fraction of sp³-hybridized carbons (Fsp3) is 0.600. The number of halogens is 4. The van der Waals surface area contributed by atoms with Crippen molar-refractivity contribution in [2.24, 2.45) is 0 Å². The third-order valence-electron chi connectivity index (χ3n) is 4.46. The summed E-state index contributed by atoms with van der Waals surface area (Å²) in [5.74, 6) is 0. The molecule has 2 aliphatic rings. The van der Waals surface area contributed by atoms with Crippen LogP contribution in [0.3, 0.4) is 0 Å². The Kier molecular flexibility index (Phi) is 6.08. The number of hydrogen-bond donors (Lipinski definition) is 6. The van der Waals surface area contributed by atoms with Crippen LogP contribution in [0.5, 0.6) is 0 Å². The van der Waals surface area contributed by atoms with Crippen LogP contribution in [0.1, 0.15) is 6.23 Å². The first-order valence-corrected chi connectivity index (χ1v) is 12.4. The van der Waals surface area contributed by atoms with Gasteiger partial charge in [0.2, 0.25) is 5.60 Å². The summed E-state index contributed by atoms with van der Waals surface area (Å²) in [7, 11) is -18.2. The zero-order valence-electron chi connectivity index (χ0n) is 15.1. The average molecular weight is 552 g/mol. The minimum Gasteiger partial charge on any atom is -0.380 e. The molecule has 1 saturated heterocycles. The normalized spacial score (nSPS) is 35.5. The number of aromatic amines is 1. The standard InChI is InChI=1S/C10H11F4N2O14P3/c11-4-5(16-2-1-3(17)15-7(16)18)27-9(10(12,13)14)6(8(4,9)19)28-32(23,24)30-33(25,26)29-31(20,21)22/h1-2,4-6,19H,(H,23,24)(H,25,26)(H,15,17,18)(H2,20,21,22)/t4-,5+,6?,8+,9+/m0/s1. The van der Waals surface area contributed by atoms with Gasteiger partial charge in [-0.25, -0.2) is 22.9 Å². The lowest BCUT2D eigenvalue weighted by Crippen LogP contribution is -2.41. The number of rotatable bonds is 7. The topological polar surface area (TPSA) is 244 Å². The summed E-state index contributed by atoms with van der Waals surface area (Å²) < 4.78 is 105. The molecule has 0 bridgehead atoms. The molecule has 1 saturated carbocycles. The van der Waals surface area contributed by atoms with Crippen LogP contribution in [-0.4, -0.2) is 63.9 Å². The summed E-state index contributed by atoms with van der Waals surface area (Å²) >= 11 is 0. The van der Waals surface area contributed by atoms with Crippen LogP contribution >= 0.6 is 23.5 Å². The molecule has 1 aliphatic heterocycles. The molecule has 16 nitrogen and oxygen atoms in total. The van der Waals surface area contributed by atoms with Crippen molar-refractivity contribution in [2.75, 3.05) is 0 Å². The number of fused-ring (bicyclic) bond motifs is 1. The van der Waals surface area contributed by atoms with Gasteiger partial charge in [-0.2, -0.15) is 21.8 Å². The second-order valence-electron chi connectivity index (χ2n) is 6.56. The largest absolute Gasteiger partial charge is 0.490 e. The van der Waals surface area contributed by atoms with Gasteiger partial charge in [-0.3, -0.25) is 18.9 Å². The van der Waals surface area contributed by atoms with E-state index >= 15 is 0 Å². The molecule has 0 spiro atoms. The molecule has 0 amide bonds. The fourth-order valence-corrected chi connectivity index (χ4v) is 6.49. The van der Waals surface area contributed by atoms with E-state index in [1.165, 1.54) is 0 Å². The van der Waals surface area contributed by atoms with Gasteiger partial charge in [-0.1, -0.05) is 0 Å². The predicted octanol–water partition coefficient (Wildman–Crippen LogP) is -0.839. The first-order chi connectivity index (χ1) is 14.7. The second kappa shape index (κ2) is 7.61. The van der Waals surface area contributed by atoms with Crippen LogP contribution in [0.2, 0.25) is 0 Å². The van der Waals surface area contributed by atoms with Gasteiger partial charge in [0.25, 0.3) is 5.56 Å². The Morgan fingerprint density at radius 3 is 2.12 bits per heavy atom. The van der Waals surface area contributed by atoms with E-state index < -0.39 is 70.6 Å². The van der Waals surface area contributed by atoms with Crippen LogP contribution in [-0.2, 0) is 31.6 Å². The SMILES string of the molecule is O=c1ccn([C@@H]2O[C@]3(C(F)(F)F)C(OP(=O)(O)OP(=O)(O)OP(=O)(O)O)[C@]3(O)[C@H]2F)c(=O)[nH]1. The van der Waals surface area contributed by atoms with Crippen molar-refractivity contribution in [3.05, 3.63) is 33.1 Å². The van der Waals surface area contributed by atoms with Crippen molar-refractivity contribution in [1.82, 2.24) is 9.55 Å². The van der Waals surface area contributed by atoms with Crippen LogP contribution in [0.25, 0.3) is 0 Å². The van der Waals surface area contributed by atoms with Gasteiger partial charge < -0.3 is 29.4 Å². The predicted molar refractivity (Wildman–Crippen MR) is 88.8 cm³/mol. The zero-order valence-corrected chi connectivity index (χ0v) is 17.8. The lowest BCUT2D eigenvalue weighted by molar-refractivity contribution is -0.260. The molecule has 7 atom stereocenters. The van der Waals surface area contributed by atoms with Gasteiger partial charge in [0.1, 0.15) is 6.10 Å². The number of aromatic nitrogens is 2. The molecule has 188 valence electrons. The van der Waals surface area contributed by atoms with E-state index in [2.05, 4.69) is 17.9 Å². The Labute approximate surface area is 176 Å². The number of nitrogens with one attached hydrogen (secondary N) is 1. The number of aliphatic hydroxyl groups is 1. The van der Waals surface area contributed by atoms with Crippen LogP contribution < -0.4 is 11.2 Å². The number of hydrogen-bond acceptors (Lipinski definition) is 10. The van der Waals surface area contributed by atoms with E-state index in [9.17, 15) is 50.8 Å². The Bertz CT molecular complexity index is 1230. The number of H-pyrrole nitrogens is 1. The monoisotopic (exact) mass is 552 g/mol. The highest BCUT2D eigenvalue weighted by atomic mass is 31.3. The van der Waals surface area contributed by atoms with Crippen LogP contribution in [0.15, 0.2) is 21.9 Å². The fourth-order valence-electron chi connectivity index (χ4n) is 3.25. The lowest BCUT2D eigenvalue weighted by Gasteiger charge is -2.25. The lowest BCUT2D eigenvalue weighted by atomic mass is 10.1. The quantitative estimate of drug-likeness (QED) is 0.179. The van der Waals surface area contributed by atoms with E-state index in [0.29, 0.717) is 12.3 Å². The van der Waals surface area contributed by atoms with Gasteiger partial charge in [0, 0.05) is 12.3 Å². The highest BCUT2D eigenvalue weighted by Gasteiger charge is 2.99. The molecule has 2 heterocycles. The van der Waals surface area contributed by atoms with E-state index in [4.69, 9.17) is 14.7 Å².